The molecule has 130 valence electrons. The highest BCUT2D eigenvalue weighted by Crippen LogP contribution is 2.32. The first-order chi connectivity index (χ1) is 12.0. The third kappa shape index (κ3) is 3.43. The molecule has 1 atom stereocenters. The Hall–Kier alpha value is -2.62. The lowest BCUT2D eigenvalue weighted by Crippen LogP contribution is -2.38. The van der Waals surface area contributed by atoms with Gasteiger partial charge in [0.1, 0.15) is 0 Å². The van der Waals surface area contributed by atoms with Crippen molar-refractivity contribution < 1.29 is 9.59 Å². The number of rotatable bonds is 5. The van der Waals surface area contributed by atoms with E-state index in [0.29, 0.717) is 19.6 Å². The Morgan fingerprint density at radius 1 is 1.24 bits per heavy atom. The second-order valence-electron chi connectivity index (χ2n) is 6.71. The highest BCUT2D eigenvalue weighted by molar-refractivity contribution is 6.07. The molecule has 2 aromatic rings. The first kappa shape index (κ1) is 17.2. The molecule has 0 bridgehead atoms. The molecule has 1 saturated heterocycles. The van der Waals surface area contributed by atoms with Gasteiger partial charge < -0.3 is 9.80 Å². The molecule has 0 aliphatic carbocycles. The van der Waals surface area contributed by atoms with Gasteiger partial charge in [0.25, 0.3) is 0 Å². The summed E-state index contributed by atoms with van der Waals surface area (Å²) in [5.74, 6) is -0.228. The summed E-state index contributed by atoms with van der Waals surface area (Å²) >= 11 is 0. The van der Waals surface area contributed by atoms with Gasteiger partial charge in [0, 0.05) is 31.4 Å². The smallest absolute Gasteiger partial charge is 0.228 e. The van der Waals surface area contributed by atoms with E-state index >= 15 is 0 Å². The average molecular weight is 336 g/mol. The molecule has 1 heterocycles. The minimum absolute atomic E-state index is 0.0149. The van der Waals surface area contributed by atoms with Gasteiger partial charge in [0.05, 0.1) is 11.6 Å². The summed E-state index contributed by atoms with van der Waals surface area (Å²) in [7, 11) is 0. The van der Waals surface area contributed by atoms with Gasteiger partial charge >= 0.3 is 0 Å². The minimum Gasteiger partial charge on any atom is -0.339 e. The third-order valence-electron chi connectivity index (χ3n) is 4.69. The largest absolute Gasteiger partial charge is 0.339 e. The van der Waals surface area contributed by atoms with Crippen molar-refractivity contribution in [2.75, 3.05) is 24.5 Å². The lowest BCUT2D eigenvalue weighted by molar-refractivity contribution is -0.135. The summed E-state index contributed by atoms with van der Waals surface area (Å²) in [6.45, 7) is 9.39. The van der Waals surface area contributed by atoms with Gasteiger partial charge in [-0.2, -0.15) is 0 Å². The average Bonchev–Trinajstić information content (AvgIpc) is 3.00. The number of anilines is 1. The van der Waals surface area contributed by atoms with Crippen LogP contribution in [0.5, 0.6) is 0 Å². The van der Waals surface area contributed by atoms with Crippen LogP contribution < -0.4 is 4.90 Å². The molecular weight excluding hydrogens is 312 g/mol. The molecule has 4 nitrogen and oxygen atoms in total. The van der Waals surface area contributed by atoms with E-state index in [1.165, 1.54) is 0 Å². The molecule has 1 aliphatic rings. The number of benzene rings is 2. The Morgan fingerprint density at radius 2 is 1.96 bits per heavy atom. The number of hydrogen-bond donors (Lipinski definition) is 0. The fraction of sp³-hybridized carbons (Fsp3) is 0.333. The van der Waals surface area contributed by atoms with Crippen molar-refractivity contribution in [1.29, 1.82) is 0 Å². The molecule has 0 spiro atoms. The van der Waals surface area contributed by atoms with Crippen LogP contribution in [0.4, 0.5) is 5.69 Å². The molecule has 0 aromatic heterocycles. The maximum absolute atomic E-state index is 12.8. The van der Waals surface area contributed by atoms with Gasteiger partial charge in [-0.15, -0.1) is 0 Å². The quantitative estimate of drug-likeness (QED) is 0.783. The zero-order chi connectivity index (χ0) is 18.0. The van der Waals surface area contributed by atoms with Crippen molar-refractivity contribution in [3.8, 4) is 0 Å². The summed E-state index contributed by atoms with van der Waals surface area (Å²) in [5, 5.41) is 2.14. The van der Waals surface area contributed by atoms with Crippen LogP contribution in [0, 0.1) is 5.92 Å². The molecule has 1 aliphatic heterocycles. The highest BCUT2D eigenvalue weighted by atomic mass is 16.2. The van der Waals surface area contributed by atoms with Crippen LogP contribution in [0.1, 0.15) is 20.3 Å². The van der Waals surface area contributed by atoms with Crippen LogP contribution >= 0.6 is 0 Å². The molecule has 0 radical (unpaired) electrons. The van der Waals surface area contributed by atoms with Crippen molar-refractivity contribution >= 4 is 28.3 Å². The van der Waals surface area contributed by atoms with Crippen molar-refractivity contribution in [1.82, 2.24) is 4.90 Å². The summed E-state index contributed by atoms with van der Waals surface area (Å²) in [4.78, 5) is 29.0. The maximum Gasteiger partial charge on any atom is 0.228 e. The Kier molecular flexibility index (Phi) is 4.88. The Bertz CT molecular complexity index is 822. The van der Waals surface area contributed by atoms with Crippen molar-refractivity contribution in [3.63, 3.8) is 0 Å². The molecular formula is C21H24N2O2. The number of amides is 2. The fourth-order valence-corrected chi connectivity index (χ4v) is 3.48. The Balaban J connectivity index is 1.85. The van der Waals surface area contributed by atoms with E-state index < -0.39 is 0 Å². The molecule has 2 amide bonds. The van der Waals surface area contributed by atoms with E-state index in [1.54, 1.807) is 9.80 Å². The summed E-state index contributed by atoms with van der Waals surface area (Å²) < 4.78 is 0. The predicted molar refractivity (Wildman–Crippen MR) is 101 cm³/mol. The SMILES string of the molecule is C=C(C)CN(CC)C(=O)C1CC(=O)N(c2cccc3ccccc23)C1. The zero-order valence-electron chi connectivity index (χ0n) is 14.9. The third-order valence-corrected chi connectivity index (χ3v) is 4.69. The number of carbonyl (C=O) groups is 2. The molecule has 25 heavy (non-hydrogen) atoms. The topological polar surface area (TPSA) is 40.6 Å². The van der Waals surface area contributed by atoms with Crippen LogP contribution in [0.3, 0.4) is 0 Å². The van der Waals surface area contributed by atoms with Gasteiger partial charge in [-0.3, -0.25) is 9.59 Å². The Morgan fingerprint density at radius 3 is 2.68 bits per heavy atom. The van der Waals surface area contributed by atoms with Gasteiger partial charge in [0.15, 0.2) is 0 Å². The normalized spacial score (nSPS) is 17.1. The number of fused-ring (bicyclic) bond motifs is 1. The van der Waals surface area contributed by atoms with Crippen LogP contribution in [0.2, 0.25) is 0 Å². The van der Waals surface area contributed by atoms with Crippen LogP contribution in [0.15, 0.2) is 54.6 Å². The predicted octanol–water partition coefficient (Wildman–Crippen LogP) is 3.62. The molecule has 1 unspecified atom stereocenters. The number of likely N-dealkylation sites (N-methyl/N-ethyl adjacent to an activating group) is 1. The summed E-state index contributed by atoms with van der Waals surface area (Å²) in [6, 6.07) is 14.0. The van der Waals surface area contributed by atoms with Crippen molar-refractivity contribution in [2.24, 2.45) is 5.92 Å². The van der Waals surface area contributed by atoms with E-state index in [0.717, 1.165) is 22.0 Å². The molecule has 0 saturated carbocycles. The lowest BCUT2D eigenvalue weighted by Gasteiger charge is -2.24. The van der Waals surface area contributed by atoms with Gasteiger partial charge in [-0.1, -0.05) is 48.6 Å². The van der Waals surface area contributed by atoms with Crippen molar-refractivity contribution in [3.05, 3.63) is 54.6 Å². The first-order valence-electron chi connectivity index (χ1n) is 8.72. The molecule has 1 fully saturated rings. The molecule has 4 heteroatoms. The monoisotopic (exact) mass is 336 g/mol. The number of hydrogen-bond acceptors (Lipinski definition) is 2. The Labute approximate surface area is 148 Å². The van der Waals surface area contributed by atoms with Crippen LogP contribution in [0.25, 0.3) is 10.8 Å². The molecule has 3 rings (SSSR count). The molecule has 2 aromatic carbocycles. The second kappa shape index (κ2) is 7.09. The van der Waals surface area contributed by atoms with E-state index in [9.17, 15) is 9.59 Å². The zero-order valence-corrected chi connectivity index (χ0v) is 14.9. The van der Waals surface area contributed by atoms with Crippen LogP contribution in [-0.4, -0.2) is 36.3 Å². The second-order valence-corrected chi connectivity index (χ2v) is 6.71. The van der Waals surface area contributed by atoms with E-state index in [2.05, 4.69) is 6.58 Å². The maximum atomic E-state index is 12.8. The van der Waals surface area contributed by atoms with E-state index in [1.807, 2.05) is 56.3 Å². The van der Waals surface area contributed by atoms with Gasteiger partial charge in [0.2, 0.25) is 11.8 Å². The van der Waals surface area contributed by atoms with Gasteiger partial charge in [-0.25, -0.2) is 0 Å². The lowest BCUT2D eigenvalue weighted by atomic mass is 10.1. The summed E-state index contributed by atoms with van der Waals surface area (Å²) in [5.41, 5.74) is 1.84. The summed E-state index contributed by atoms with van der Waals surface area (Å²) in [6.07, 6.45) is 0.273. The fourth-order valence-electron chi connectivity index (χ4n) is 3.48. The standard InChI is InChI=1S/C21H24N2O2/c1-4-22(13-15(2)3)21(25)17-12-20(24)23(14-17)19-11-7-9-16-8-5-6-10-18(16)19/h5-11,17H,2,4,12-14H2,1,3H3. The highest BCUT2D eigenvalue weighted by Gasteiger charge is 2.37. The van der Waals surface area contributed by atoms with E-state index in [-0.39, 0.29) is 24.2 Å². The van der Waals surface area contributed by atoms with Crippen molar-refractivity contribution in [2.45, 2.75) is 20.3 Å². The van der Waals surface area contributed by atoms with Gasteiger partial charge in [-0.05, 0) is 25.3 Å². The number of nitrogens with zero attached hydrogens (tertiary/aromatic N) is 2. The first-order valence-corrected chi connectivity index (χ1v) is 8.72. The van der Waals surface area contributed by atoms with Crippen LogP contribution in [-0.2, 0) is 9.59 Å². The number of carbonyl (C=O) groups excluding carboxylic acids is 2. The minimum atomic E-state index is -0.286. The van der Waals surface area contributed by atoms with E-state index in [4.69, 9.17) is 0 Å². The molecule has 0 N–H and O–H groups in total.